The summed E-state index contributed by atoms with van der Waals surface area (Å²) in [6, 6.07) is 8.65. The van der Waals surface area contributed by atoms with E-state index in [-0.39, 0.29) is 0 Å². The molecule has 0 bridgehead atoms. The number of benzene rings is 1. The van der Waals surface area contributed by atoms with Gasteiger partial charge < -0.3 is 15.2 Å². The van der Waals surface area contributed by atoms with Crippen LogP contribution in [0, 0.1) is 12.8 Å². The molecule has 142 valence electrons. The monoisotopic (exact) mass is 355 g/mol. The van der Waals surface area contributed by atoms with Crippen LogP contribution in [-0.2, 0) is 13.1 Å². The molecule has 1 heterocycles. The Kier molecular flexibility index (Phi) is 8.19. The molecule has 0 aliphatic heterocycles. The largest absolute Gasteiger partial charge is 0.356 e. The standard InChI is InChI=1S/C21H33N5/c1-17(2)8-5-6-11-24-21(22-4)25-15-19-9-7-10-20(14-19)16-26-13-12-23-18(26)3/h7,9-10,12-14,17H,5-6,8,11,15-16H2,1-4H3,(H2,22,24,25). The van der Waals surface area contributed by atoms with Gasteiger partial charge in [-0.1, -0.05) is 51.0 Å². The number of aliphatic imine (C=N–C) groups is 1. The van der Waals surface area contributed by atoms with Crippen LogP contribution in [0.5, 0.6) is 0 Å². The van der Waals surface area contributed by atoms with E-state index in [9.17, 15) is 0 Å². The van der Waals surface area contributed by atoms with Crippen molar-refractivity contribution in [2.45, 2.75) is 53.1 Å². The molecule has 2 N–H and O–H groups in total. The molecule has 0 atom stereocenters. The maximum atomic E-state index is 4.31. The van der Waals surface area contributed by atoms with Crippen LogP contribution in [0.1, 0.15) is 50.1 Å². The minimum absolute atomic E-state index is 0.766. The molecule has 0 unspecified atom stereocenters. The number of imidazole rings is 1. The van der Waals surface area contributed by atoms with Gasteiger partial charge in [-0.3, -0.25) is 4.99 Å². The number of nitrogens with zero attached hydrogens (tertiary/aromatic N) is 3. The second-order valence-electron chi connectivity index (χ2n) is 7.16. The SMILES string of the molecule is CN=C(NCCCCC(C)C)NCc1cccc(Cn2ccnc2C)c1. The van der Waals surface area contributed by atoms with Gasteiger partial charge in [-0.25, -0.2) is 4.98 Å². The number of unbranched alkanes of at least 4 members (excludes halogenated alkanes) is 1. The minimum atomic E-state index is 0.766. The van der Waals surface area contributed by atoms with Gasteiger partial charge in [-0.05, 0) is 30.4 Å². The second kappa shape index (κ2) is 10.6. The van der Waals surface area contributed by atoms with Gasteiger partial charge in [0.05, 0.1) is 0 Å². The molecule has 0 aliphatic rings. The Hall–Kier alpha value is -2.30. The number of nitrogens with one attached hydrogen (secondary N) is 2. The third-order valence-corrected chi connectivity index (χ3v) is 4.45. The zero-order valence-corrected chi connectivity index (χ0v) is 16.6. The molecule has 2 aromatic rings. The van der Waals surface area contributed by atoms with Crippen molar-refractivity contribution >= 4 is 5.96 Å². The van der Waals surface area contributed by atoms with Gasteiger partial charge in [0.25, 0.3) is 0 Å². The van der Waals surface area contributed by atoms with Crippen LogP contribution >= 0.6 is 0 Å². The predicted molar refractivity (Wildman–Crippen MR) is 109 cm³/mol. The van der Waals surface area contributed by atoms with Crippen molar-refractivity contribution in [3.05, 3.63) is 53.6 Å². The lowest BCUT2D eigenvalue weighted by Gasteiger charge is -2.13. The zero-order valence-electron chi connectivity index (χ0n) is 16.6. The first-order chi connectivity index (χ1) is 12.6. The van der Waals surface area contributed by atoms with Crippen LogP contribution in [-0.4, -0.2) is 29.1 Å². The number of guanidine groups is 1. The second-order valence-corrected chi connectivity index (χ2v) is 7.16. The molecule has 0 fully saturated rings. The van der Waals surface area contributed by atoms with E-state index in [4.69, 9.17) is 0 Å². The molecule has 0 aliphatic carbocycles. The summed E-state index contributed by atoms with van der Waals surface area (Å²) in [4.78, 5) is 8.60. The molecule has 0 amide bonds. The van der Waals surface area contributed by atoms with Crippen LogP contribution < -0.4 is 10.6 Å². The van der Waals surface area contributed by atoms with Crippen molar-refractivity contribution in [2.24, 2.45) is 10.9 Å². The highest BCUT2D eigenvalue weighted by atomic mass is 15.2. The summed E-state index contributed by atoms with van der Waals surface area (Å²) in [7, 11) is 1.82. The van der Waals surface area contributed by atoms with Crippen LogP contribution in [0.2, 0.25) is 0 Å². The van der Waals surface area contributed by atoms with Crippen molar-refractivity contribution in [3.8, 4) is 0 Å². The molecule has 0 spiro atoms. The number of aryl methyl sites for hydroxylation is 1. The maximum Gasteiger partial charge on any atom is 0.191 e. The Morgan fingerprint density at radius 2 is 2.00 bits per heavy atom. The highest BCUT2D eigenvalue weighted by molar-refractivity contribution is 5.79. The minimum Gasteiger partial charge on any atom is -0.356 e. The summed E-state index contributed by atoms with van der Waals surface area (Å²) < 4.78 is 2.16. The third kappa shape index (κ3) is 6.90. The van der Waals surface area contributed by atoms with E-state index < -0.39 is 0 Å². The molecule has 26 heavy (non-hydrogen) atoms. The summed E-state index contributed by atoms with van der Waals surface area (Å²) in [5.41, 5.74) is 2.53. The van der Waals surface area contributed by atoms with E-state index in [1.807, 2.05) is 26.4 Å². The summed E-state index contributed by atoms with van der Waals surface area (Å²) in [6.07, 6.45) is 7.59. The Balaban J connectivity index is 1.78. The highest BCUT2D eigenvalue weighted by Crippen LogP contribution is 2.09. The van der Waals surface area contributed by atoms with Gasteiger partial charge in [0, 0.05) is 39.1 Å². The van der Waals surface area contributed by atoms with Crippen LogP contribution in [0.3, 0.4) is 0 Å². The maximum absolute atomic E-state index is 4.31. The number of aromatic nitrogens is 2. The first-order valence-corrected chi connectivity index (χ1v) is 9.58. The van der Waals surface area contributed by atoms with Crippen molar-refractivity contribution in [3.63, 3.8) is 0 Å². The first kappa shape index (κ1) is 20.0. The van der Waals surface area contributed by atoms with E-state index in [0.29, 0.717) is 0 Å². The summed E-state index contributed by atoms with van der Waals surface area (Å²) in [6.45, 7) is 9.16. The van der Waals surface area contributed by atoms with Gasteiger partial charge >= 0.3 is 0 Å². The van der Waals surface area contributed by atoms with Gasteiger partial charge in [0.1, 0.15) is 5.82 Å². The van der Waals surface area contributed by atoms with Crippen LogP contribution in [0.4, 0.5) is 0 Å². The fourth-order valence-electron chi connectivity index (χ4n) is 2.90. The molecule has 5 heteroatoms. The van der Waals surface area contributed by atoms with E-state index in [2.05, 4.69) is 63.3 Å². The molecular formula is C21H33N5. The average molecular weight is 356 g/mol. The highest BCUT2D eigenvalue weighted by Gasteiger charge is 2.02. The Morgan fingerprint density at radius 3 is 2.69 bits per heavy atom. The number of hydrogen-bond donors (Lipinski definition) is 2. The Morgan fingerprint density at radius 1 is 1.19 bits per heavy atom. The molecule has 2 rings (SSSR count). The Bertz CT molecular complexity index is 687. The van der Waals surface area contributed by atoms with E-state index in [1.165, 1.54) is 30.4 Å². The quantitative estimate of drug-likeness (QED) is 0.409. The van der Waals surface area contributed by atoms with Crippen LogP contribution in [0.15, 0.2) is 41.7 Å². The summed E-state index contributed by atoms with van der Waals surface area (Å²) in [5, 5.41) is 6.80. The lowest BCUT2D eigenvalue weighted by atomic mass is 10.1. The normalized spacial score (nSPS) is 11.8. The van der Waals surface area contributed by atoms with Gasteiger partial charge in [-0.15, -0.1) is 0 Å². The molecule has 5 nitrogen and oxygen atoms in total. The van der Waals surface area contributed by atoms with Crippen molar-refractivity contribution in [1.29, 1.82) is 0 Å². The van der Waals surface area contributed by atoms with E-state index in [1.54, 1.807) is 0 Å². The first-order valence-electron chi connectivity index (χ1n) is 9.58. The van der Waals surface area contributed by atoms with Gasteiger partial charge in [-0.2, -0.15) is 0 Å². The summed E-state index contributed by atoms with van der Waals surface area (Å²) >= 11 is 0. The Labute approximate surface area is 158 Å². The van der Waals surface area contributed by atoms with Crippen molar-refractivity contribution in [1.82, 2.24) is 20.2 Å². The number of rotatable bonds is 9. The molecule has 0 radical (unpaired) electrons. The van der Waals surface area contributed by atoms with Gasteiger partial charge in [0.15, 0.2) is 5.96 Å². The molecule has 1 aromatic carbocycles. The van der Waals surface area contributed by atoms with Gasteiger partial charge in [0.2, 0.25) is 0 Å². The fourth-order valence-corrected chi connectivity index (χ4v) is 2.90. The predicted octanol–water partition coefficient (Wildman–Crippen LogP) is 3.73. The number of hydrogen-bond acceptors (Lipinski definition) is 2. The van der Waals surface area contributed by atoms with Crippen molar-refractivity contribution < 1.29 is 0 Å². The molecule has 0 saturated heterocycles. The third-order valence-electron chi connectivity index (χ3n) is 4.45. The molecule has 1 aromatic heterocycles. The zero-order chi connectivity index (χ0) is 18.8. The van der Waals surface area contributed by atoms with E-state index >= 15 is 0 Å². The molecular weight excluding hydrogens is 322 g/mol. The lowest BCUT2D eigenvalue weighted by molar-refractivity contribution is 0.534. The average Bonchev–Trinajstić information content (AvgIpc) is 3.02. The smallest absolute Gasteiger partial charge is 0.191 e. The topological polar surface area (TPSA) is 54.2 Å². The fraction of sp³-hybridized carbons (Fsp3) is 0.524. The van der Waals surface area contributed by atoms with Crippen LogP contribution in [0.25, 0.3) is 0 Å². The van der Waals surface area contributed by atoms with Crippen molar-refractivity contribution in [2.75, 3.05) is 13.6 Å². The lowest BCUT2D eigenvalue weighted by Crippen LogP contribution is -2.37. The summed E-state index contributed by atoms with van der Waals surface area (Å²) in [5.74, 6) is 2.69. The van der Waals surface area contributed by atoms with E-state index in [0.717, 1.165) is 37.3 Å². The molecule has 0 saturated carbocycles.